The van der Waals surface area contributed by atoms with Crippen LogP contribution in [0.5, 0.6) is 0 Å². The maximum atomic E-state index is 10.2. The van der Waals surface area contributed by atoms with Crippen LogP contribution in [0.4, 0.5) is 0 Å². The summed E-state index contributed by atoms with van der Waals surface area (Å²) in [6, 6.07) is 0. The molecule has 0 saturated heterocycles. The minimum Gasteiger partial charge on any atom is -0.772 e. The summed E-state index contributed by atoms with van der Waals surface area (Å²) in [5, 5.41) is 7.91. The van der Waals surface area contributed by atoms with Crippen LogP contribution in [0, 0.1) is 0 Å². The molecule has 1 rings (SSSR count). The Hall–Kier alpha value is -0.830. The second-order valence-corrected chi connectivity index (χ2v) is 4.57. The second kappa shape index (κ2) is 9.15. The van der Waals surface area contributed by atoms with Gasteiger partial charge in [0.15, 0.2) is 0 Å². The van der Waals surface area contributed by atoms with E-state index in [-0.39, 0.29) is 12.4 Å². The molecule has 0 radical (unpaired) electrons. The largest absolute Gasteiger partial charge is 0.772 e. The Morgan fingerprint density at radius 1 is 1.33 bits per heavy atom. The summed E-state index contributed by atoms with van der Waals surface area (Å²) in [6.07, 6.45) is 2.76. The fourth-order valence-corrected chi connectivity index (χ4v) is 1.47. The summed E-state index contributed by atoms with van der Waals surface area (Å²) in [5.41, 5.74) is 0.962. The second-order valence-electron chi connectivity index (χ2n) is 3.56. The van der Waals surface area contributed by atoms with Crippen LogP contribution in [0.2, 0.25) is 0 Å². The van der Waals surface area contributed by atoms with Crippen LogP contribution in [-0.2, 0) is 33.5 Å². The molecule has 0 aliphatic heterocycles. The van der Waals surface area contributed by atoms with Crippen LogP contribution in [0.25, 0.3) is 0 Å². The fourth-order valence-electron chi connectivity index (χ4n) is 1.22. The molecule has 1 heterocycles. The zero-order chi connectivity index (χ0) is 13.2. The molecule has 0 aliphatic carbocycles. The molecule has 1 unspecified atom stereocenters. The van der Waals surface area contributed by atoms with Crippen molar-refractivity contribution in [2.75, 3.05) is 32.2 Å². The molecule has 1 aromatic heterocycles. The fraction of sp³-hybridized carbons (Fsp3) is 0.800. The third kappa shape index (κ3) is 6.80. The standard InChI is InChI=1S/C10H19N3O4S/c1-2-10-9-13(12-11-10)3-4-16-5-6-17-7-8-18(14)15/h9H,2-8H2,1H3,(H,14,15)/p-1. The minimum atomic E-state index is -2.03. The molecule has 0 amide bonds. The van der Waals surface area contributed by atoms with Crippen molar-refractivity contribution in [3.05, 3.63) is 11.9 Å². The van der Waals surface area contributed by atoms with E-state index in [1.165, 1.54) is 0 Å². The van der Waals surface area contributed by atoms with Gasteiger partial charge in [-0.2, -0.15) is 0 Å². The van der Waals surface area contributed by atoms with E-state index in [9.17, 15) is 8.76 Å². The van der Waals surface area contributed by atoms with Gasteiger partial charge >= 0.3 is 0 Å². The summed E-state index contributed by atoms with van der Waals surface area (Å²) in [6.45, 7) is 4.26. The Balaban J connectivity index is 1.94. The van der Waals surface area contributed by atoms with E-state index < -0.39 is 11.1 Å². The quantitative estimate of drug-likeness (QED) is 0.432. The van der Waals surface area contributed by atoms with Crippen molar-refractivity contribution < 1.29 is 18.2 Å². The lowest BCUT2D eigenvalue weighted by atomic mass is 10.4. The number of hydrogen-bond acceptors (Lipinski definition) is 6. The van der Waals surface area contributed by atoms with Crippen LogP contribution in [0.3, 0.4) is 0 Å². The molecule has 0 bridgehead atoms. The molecular formula is C10H18N3O4S-. The van der Waals surface area contributed by atoms with Gasteiger partial charge in [-0.25, -0.2) is 4.68 Å². The predicted molar refractivity (Wildman–Crippen MR) is 64.8 cm³/mol. The third-order valence-electron chi connectivity index (χ3n) is 2.18. The molecule has 18 heavy (non-hydrogen) atoms. The molecule has 0 fully saturated rings. The first kappa shape index (κ1) is 15.2. The number of nitrogens with zero attached hydrogens (tertiary/aromatic N) is 3. The average molecular weight is 276 g/mol. The lowest BCUT2D eigenvalue weighted by Gasteiger charge is -2.07. The Labute approximate surface area is 109 Å². The van der Waals surface area contributed by atoms with E-state index in [1.54, 1.807) is 4.68 Å². The van der Waals surface area contributed by atoms with Gasteiger partial charge in [-0.15, -0.1) is 5.10 Å². The highest BCUT2D eigenvalue weighted by Crippen LogP contribution is 1.93. The maximum absolute atomic E-state index is 10.2. The number of aryl methyl sites for hydroxylation is 1. The van der Waals surface area contributed by atoms with E-state index >= 15 is 0 Å². The highest BCUT2D eigenvalue weighted by molar-refractivity contribution is 7.79. The Morgan fingerprint density at radius 2 is 2.06 bits per heavy atom. The van der Waals surface area contributed by atoms with Crippen molar-refractivity contribution >= 4 is 11.1 Å². The summed E-state index contributed by atoms with van der Waals surface area (Å²) in [7, 11) is 0. The predicted octanol–water partition coefficient (Wildman–Crippen LogP) is -0.247. The van der Waals surface area contributed by atoms with Crippen molar-refractivity contribution in [3.63, 3.8) is 0 Å². The van der Waals surface area contributed by atoms with E-state index in [2.05, 4.69) is 10.3 Å². The van der Waals surface area contributed by atoms with Crippen molar-refractivity contribution in [2.24, 2.45) is 0 Å². The highest BCUT2D eigenvalue weighted by atomic mass is 32.2. The lowest BCUT2D eigenvalue weighted by Crippen LogP contribution is -2.12. The number of aromatic nitrogens is 3. The van der Waals surface area contributed by atoms with Crippen LogP contribution in [0.15, 0.2) is 6.20 Å². The number of hydrogen-bond donors (Lipinski definition) is 0. The first-order valence-corrected chi connectivity index (χ1v) is 7.07. The van der Waals surface area contributed by atoms with Gasteiger partial charge in [0.2, 0.25) is 0 Å². The first-order valence-electron chi connectivity index (χ1n) is 5.82. The summed E-state index contributed by atoms with van der Waals surface area (Å²) < 4.78 is 32.5. The summed E-state index contributed by atoms with van der Waals surface area (Å²) >= 11 is -2.03. The summed E-state index contributed by atoms with van der Waals surface area (Å²) in [4.78, 5) is 0. The lowest BCUT2D eigenvalue weighted by molar-refractivity contribution is 0.0491. The highest BCUT2D eigenvalue weighted by Gasteiger charge is 1.97. The maximum Gasteiger partial charge on any atom is 0.0824 e. The van der Waals surface area contributed by atoms with E-state index in [1.807, 2.05) is 13.1 Å². The van der Waals surface area contributed by atoms with Crippen LogP contribution in [0.1, 0.15) is 12.6 Å². The molecule has 104 valence electrons. The molecule has 7 nitrogen and oxygen atoms in total. The van der Waals surface area contributed by atoms with Gasteiger partial charge in [0.1, 0.15) is 0 Å². The van der Waals surface area contributed by atoms with Gasteiger partial charge in [0.05, 0.1) is 38.7 Å². The smallest absolute Gasteiger partial charge is 0.0824 e. The normalized spacial score (nSPS) is 12.8. The van der Waals surface area contributed by atoms with E-state index in [0.717, 1.165) is 12.1 Å². The topological polar surface area (TPSA) is 89.3 Å². The Morgan fingerprint density at radius 3 is 2.67 bits per heavy atom. The molecule has 0 aromatic carbocycles. The minimum absolute atomic E-state index is 0.0265. The molecular weight excluding hydrogens is 258 g/mol. The SMILES string of the molecule is CCc1cn(CCOCCOCCS(=O)[O-])nn1. The van der Waals surface area contributed by atoms with Crippen LogP contribution in [-0.4, -0.2) is 55.9 Å². The van der Waals surface area contributed by atoms with Gasteiger partial charge in [0, 0.05) is 11.9 Å². The Kier molecular flexibility index (Phi) is 7.74. The van der Waals surface area contributed by atoms with Crippen molar-refractivity contribution in [2.45, 2.75) is 19.9 Å². The van der Waals surface area contributed by atoms with Crippen molar-refractivity contribution in [3.8, 4) is 0 Å². The van der Waals surface area contributed by atoms with E-state index in [4.69, 9.17) is 9.47 Å². The van der Waals surface area contributed by atoms with Crippen molar-refractivity contribution in [1.29, 1.82) is 0 Å². The van der Waals surface area contributed by atoms with Crippen LogP contribution < -0.4 is 0 Å². The van der Waals surface area contributed by atoms with Crippen LogP contribution >= 0.6 is 0 Å². The Bertz CT molecular complexity index is 359. The number of rotatable bonds is 10. The van der Waals surface area contributed by atoms with E-state index in [0.29, 0.717) is 26.4 Å². The number of ether oxygens (including phenoxy) is 2. The molecule has 0 aliphatic rings. The molecule has 1 atom stereocenters. The average Bonchev–Trinajstić information content (AvgIpc) is 2.80. The van der Waals surface area contributed by atoms with Gasteiger partial charge in [0.25, 0.3) is 0 Å². The zero-order valence-electron chi connectivity index (χ0n) is 10.4. The van der Waals surface area contributed by atoms with Gasteiger partial charge < -0.3 is 14.0 Å². The molecule has 1 aromatic rings. The third-order valence-corrected chi connectivity index (χ3v) is 2.68. The molecule has 0 spiro atoms. The molecule has 8 heteroatoms. The summed E-state index contributed by atoms with van der Waals surface area (Å²) in [5.74, 6) is 0.0265. The molecule has 0 N–H and O–H groups in total. The van der Waals surface area contributed by atoms with Gasteiger partial charge in [-0.05, 0) is 6.42 Å². The zero-order valence-corrected chi connectivity index (χ0v) is 11.2. The first-order chi connectivity index (χ1) is 8.72. The van der Waals surface area contributed by atoms with Gasteiger partial charge in [-0.1, -0.05) is 23.2 Å². The monoisotopic (exact) mass is 276 g/mol. The van der Waals surface area contributed by atoms with Gasteiger partial charge in [-0.3, -0.25) is 4.21 Å². The molecule has 0 saturated carbocycles. The van der Waals surface area contributed by atoms with Crippen molar-refractivity contribution in [1.82, 2.24) is 15.0 Å².